The van der Waals surface area contributed by atoms with Gasteiger partial charge in [0.15, 0.2) is 6.61 Å². The number of benzene rings is 1. The molecule has 0 saturated carbocycles. The Kier molecular flexibility index (Phi) is 4.35. The monoisotopic (exact) mass is 263 g/mol. The van der Waals surface area contributed by atoms with Crippen LogP contribution in [0.15, 0.2) is 24.3 Å². The minimum Gasteiger partial charge on any atom is -0.482 e. The van der Waals surface area contributed by atoms with Gasteiger partial charge in [-0.1, -0.05) is 12.1 Å². The Labute approximate surface area is 111 Å². The maximum Gasteiger partial charge on any atom is 0.265 e. The van der Waals surface area contributed by atoms with E-state index in [1.165, 1.54) is 0 Å². The maximum atomic E-state index is 11.8. The Morgan fingerprint density at radius 1 is 1.42 bits per heavy atom. The van der Waals surface area contributed by atoms with Crippen molar-refractivity contribution in [3.8, 4) is 5.75 Å². The van der Waals surface area contributed by atoms with Gasteiger partial charge in [0.05, 0.1) is 5.69 Å². The van der Waals surface area contributed by atoms with Crippen molar-refractivity contribution < 1.29 is 14.3 Å². The predicted octanol–water partition coefficient (Wildman–Crippen LogP) is -0.123. The number of nitrogens with zero attached hydrogens (tertiary/aromatic N) is 1. The molecule has 3 N–H and O–H groups in total. The third kappa shape index (κ3) is 3.23. The van der Waals surface area contributed by atoms with Gasteiger partial charge in [-0.25, -0.2) is 0 Å². The summed E-state index contributed by atoms with van der Waals surface area (Å²) in [6.45, 7) is 1.22. The van der Waals surface area contributed by atoms with E-state index >= 15 is 0 Å². The van der Waals surface area contributed by atoms with Crippen LogP contribution in [0.2, 0.25) is 0 Å². The van der Waals surface area contributed by atoms with Crippen molar-refractivity contribution in [2.45, 2.75) is 6.42 Å². The molecule has 0 saturated heterocycles. The first-order valence-corrected chi connectivity index (χ1v) is 6.21. The zero-order valence-corrected chi connectivity index (χ0v) is 10.6. The van der Waals surface area contributed by atoms with Gasteiger partial charge in [0.2, 0.25) is 5.91 Å². The second kappa shape index (κ2) is 6.19. The summed E-state index contributed by atoms with van der Waals surface area (Å²) >= 11 is 0. The number of carbonyl (C=O) groups excluding carboxylic acids is 2. The number of hydrogen-bond donors (Lipinski definition) is 2. The van der Waals surface area contributed by atoms with Gasteiger partial charge in [0.1, 0.15) is 5.75 Å². The zero-order chi connectivity index (χ0) is 13.7. The van der Waals surface area contributed by atoms with E-state index in [1.807, 2.05) is 24.3 Å². The van der Waals surface area contributed by atoms with Crippen LogP contribution in [0.5, 0.6) is 5.75 Å². The molecule has 1 heterocycles. The van der Waals surface area contributed by atoms with Crippen molar-refractivity contribution in [1.82, 2.24) is 5.32 Å². The van der Waals surface area contributed by atoms with Crippen LogP contribution in [0, 0.1) is 0 Å². The van der Waals surface area contributed by atoms with Crippen molar-refractivity contribution >= 4 is 17.5 Å². The molecule has 19 heavy (non-hydrogen) atoms. The molecule has 0 unspecified atom stereocenters. The van der Waals surface area contributed by atoms with Crippen LogP contribution >= 0.6 is 0 Å². The lowest BCUT2D eigenvalue weighted by Crippen LogP contribution is -2.41. The van der Waals surface area contributed by atoms with E-state index in [1.54, 1.807) is 4.90 Å². The summed E-state index contributed by atoms with van der Waals surface area (Å²) < 4.78 is 5.33. The molecular weight excluding hydrogens is 246 g/mol. The highest BCUT2D eigenvalue weighted by atomic mass is 16.5. The van der Waals surface area contributed by atoms with Gasteiger partial charge >= 0.3 is 0 Å². The second-order valence-electron chi connectivity index (χ2n) is 4.19. The largest absolute Gasteiger partial charge is 0.482 e. The van der Waals surface area contributed by atoms with Crippen LogP contribution in [0.3, 0.4) is 0 Å². The molecule has 1 aliphatic rings. The Bertz CT molecular complexity index is 476. The molecule has 0 spiro atoms. The molecule has 1 aromatic carbocycles. The highest BCUT2D eigenvalue weighted by molar-refractivity contribution is 5.98. The number of hydrogen-bond acceptors (Lipinski definition) is 4. The molecule has 0 atom stereocenters. The van der Waals surface area contributed by atoms with Gasteiger partial charge in [0, 0.05) is 26.1 Å². The molecule has 102 valence electrons. The molecule has 0 bridgehead atoms. The van der Waals surface area contributed by atoms with E-state index in [0.29, 0.717) is 31.1 Å². The number of fused-ring (bicyclic) bond motifs is 1. The summed E-state index contributed by atoms with van der Waals surface area (Å²) in [6, 6.07) is 7.30. The van der Waals surface area contributed by atoms with Crippen molar-refractivity contribution in [3.63, 3.8) is 0 Å². The van der Waals surface area contributed by atoms with Crippen molar-refractivity contribution in [2.75, 3.05) is 31.1 Å². The molecular formula is C13H17N3O3. The summed E-state index contributed by atoms with van der Waals surface area (Å²) in [6.07, 6.45) is 0.250. The van der Waals surface area contributed by atoms with Crippen LogP contribution in [0.4, 0.5) is 5.69 Å². The highest BCUT2D eigenvalue weighted by Gasteiger charge is 2.25. The molecule has 2 amide bonds. The molecule has 2 rings (SSSR count). The number of amides is 2. The summed E-state index contributed by atoms with van der Waals surface area (Å²) in [7, 11) is 0. The Hall–Kier alpha value is -2.08. The molecule has 0 aromatic heterocycles. The Balaban J connectivity index is 1.99. The topological polar surface area (TPSA) is 84.7 Å². The minimum atomic E-state index is -0.134. The fourth-order valence-electron chi connectivity index (χ4n) is 1.91. The van der Waals surface area contributed by atoms with E-state index in [-0.39, 0.29) is 24.8 Å². The van der Waals surface area contributed by atoms with E-state index in [9.17, 15) is 9.59 Å². The molecule has 0 aliphatic carbocycles. The molecule has 1 aliphatic heterocycles. The normalized spacial score (nSPS) is 13.7. The molecule has 6 heteroatoms. The smallest absolute Gasteiger partial charge is 0.265 e. The minimum absolute atomic E-state index is 0.0153. The third-order valence-electron chi connectivity index (χ3n) is 2.84. The average molecular weight is 263 g/mol. The Morgan fingerprint density at radius 3 is 3.00 bits per heavy atom. The fraction of sp³-hybridized carbons (Fsp3) is 0.385. The number of anilines is 1. The molecule has 0 radical (unpaired) electrons. The van der Waals surface area contributed by atoms with Crippen LogP contribution in [0.1, 0.15) is 6.42 Å². The SMILES string of the molecule is NCCNC(=O)CCN1C(=O)COc2ccccc21. The number of nitrogens with one attached hydrogen (secondary N) is 1. The fourth-order valence-corrected chi connectivity index (χ4v) is 1.91. The molecule has 6 nitrogen and oxygen atoms in total. The highest BCUT2D eigenvalue weighted by Crippen LogP contribution is 2.31. The van der Waals surface area contributed by atoms with Crippen LogP contribution < -0.4 is 20.7 Å². The number of para-hydroxylation sites is 2. The van der Waals surface area contributed by atoms with E-state index in [2.05, 4.69) is 5.32 Å². The van der Waals surface area contributed by atoms with Crippen molar-refractivity contribution in [1.29, 1.82) is 0 Å². The van der Waals surface area contributed by atoms with Crippen LogP contribution in [0.25, 0.3) is 0 Å². The van der Waals surface area contributed by atoms with Gasteiger partial charge < -0.3 is 20.7 Å². The first-order valence-electron chi connectivity index (χ1n) is 6.21. The molecule has 0 fully saturated rings. The van der Waals surface area contributed by atoms with Gasteiger partial charge in [-0.15, -0.1) is 0 Å². The van der Waals surface area contributed by atoms with E-state index < -0.39 is 0 Å². The van der Waals surface area contributed by atoms with Crippen molar-refractivity contribution in [2.24, 2.45) is 5.73 Å². The zero-order valence-electron chi connectivity index (χ0n) is 10.6. The summed E-state index contributed by atoms with van der Waals surface area (Å²) in [5.74, 6) is 0.428. The number of rotatable bonds is 5. The van der Waals surface area contributed by atoms with Gasteiger partial charge in [-0.2, -0.15) is 0 Å². The Morgan fingerprint density at radius 2 is 2.21 bits per heavy atom. The van der Waals surface area contributed by atoms with E-state index in [0.717, 1.165) is 0 Å². The van der Waals surface area contributed by atoms with Crippen LogP contribution in [-0.2, 0) is 9.59 Å². The first kappa shape index (κ1) is 13.4. The lowest BCUT2D eigenvalue weighted by Gasteiger charge is -2.29. The lowest BCUT2D eigenvalue weighted by atomic mass is 10.2. The van der Waals surface area contributed by atoms with Gasteiger partial charge in [-0.3, -0.25) is 9.59 Å². The third-order valence-corrected chi connectivity index (χ3v) is 2.84. The number of nitrogens with two attached hydrogens (primary N) is 1. The second-order valence-corrected chi connectivity index (χ2v) is 4.19. The molecule has 1 aromatic rings. The average Bonchev–Trinajstić information content (AvgIpc) is 2.44. The van der Waals surface area contributed by atoms with E-state index in [4.69, 9.17) is 10.5 Å². The quantitative estimate of drug-likeness (QED) is 0.775. The van der Waals surface area contributed by atoms with Gasteiger partial charge in [0.25, 0.3) is 5.91 Å². The summed E-state index contributed by atoms with van der Waals surface area (Å²) in [5, 5.41) is 2.68. The standard InChI is InChI=1S/C13H17N3O3/c14-6-7-15-12(17)5-8-16-10-3-1-2-4-11(10)19-9-13(16)18/h1-4H,5-9,14H2,(H,15,17). The van der Waals surface area contributed by atoms with Crippen LogP contribution in [-0.4, -0.2) is 38.1 Å². The summed E-state index contributed by atoms with van der Waals surface area (Å²) in [5.41, 5.74) is 6.02. The summed E-state index contributed by atoms with van der Waals surface area (Å²) in [4.78, 5) is 24.9. The first-order chi connectivity index (χ1) is 9.22. The predicted molar refractivity (Wildman–Crippen MR) is 71.0 cm³/mol. The van der Waals surface area contributed by atoms with Crippen molar-refractivity contribution in [3.05, 3.63) is 24.3 Å². The lowest BCUT2D eigenvalue weighted by molar-refractivity contribution is -0.122. The number of carbonyl (C=O) groups is 2. The maximum absolute atomic E-state index is 11.8. The number of ether oxygens (including phenoxy) is 1. The van der Waals surface area contributed by atoms with Gasteiger partial charge in [-0.05, 0) is 12.1 Å².